The highest BCUT2D eigenvalue weighted by molar-refractivity contribution is 5.77. The molecule has 2 fully saturated rings. The van der Waals surface area contributed by atoms with Crippen LogP contribution in [0.4, 0.5) is 0 Å². The van der Waals surface area contributed by atoms with Gasteiger partial charge in [0, 0.05) is 11.4 Å². The van der Waals surface area contributed by atoms with E-state index in [2.05, 4.69) is 34.5 Å². The standard InChI is InChI=1S/C18H24N2O/c1-2-6-18-15(4-1)12-16(21-18)13-20-10-7-14(8-11-20)17-5-3-9-19-17/h1-2,4,6,12,14,17,19H,3,5,7-11,13H2. The molecule has 3 heterocycles. The van der Waals surface area contributed by atoms with E-state index in [-0.39, 0.29) is 0 Å². The van der Waals surface area contributed by atoms with Gasteiger partial charge >= 0.3 is 0 Å². The zero-order valence-electron chi connectivity index (χ0n) is 12.6. The number of piperidine rings is 1. The van der Waals surface area contributed by atoms with Crippen molar-refractivity contribution >= 4 is 11.0 Å². The van der Waals surface area contributed by atoms with Gasteiger partial charge in [-0.1, -0.05) is 18.2 Å². The van der Waals surface area contributed by atoms with Crippen LogP contribution in [-0.2, 0) is 6.54 Å². The van der Waals surface area contributed by atoms with Gasteiger partial charge in [-0.15, -0.1) is 0 Å². The fraction of sp³-hybridized carbons (Fsp3) is 0.556. The summed E-state index contributed by atoms with van der Waals surface area (Å²) in [5.74, 6) is 1.99. The summed E-state index contributed by atoms with van der Waals surface area (Å²) in [4.78, 5) is 2.54. The zero-order valence-corrected chi connectivity index (χ0v) is 12.6. The first-order valence-electron chi connectivity index (χ1n) is 8.32. The molecule has 0 saturated carbocycles. The van der Waals surface area contributed by atoms with Crippen molar-refractivity contribution in [2.45, 2.75) is 38.3 Å². The molecule has 4 rings (SSSR count). The number of nitrogens with one attached hydrogen (secondary N) is 1. The molecule has 1 unspecified atom stereocenters. The minimum atomic E-state index is 0.790. The van der Waals surface area contributed by atoms with Gasteiger partial charge in [0.2, 0.25) is 0 Å². The molecule has 0 spiro atoms. The second-order valence-corrected chi connectivity index (χ2v) is 6.57. The predicted molar refractivity (Wildman–Crippen MR) is 85.2 cm³/mol. The van der Waals surface area contributed by atoms with E-state index in [1.807, 2.05) is 6.07 Å². The van der Waals surface area contributed by atoms with E-state index in [9.17, 15) is 0 Å². The number of hydrogen-bond donors (Lipinski definition) is 1. The Labute approximate surface area is 126 Å². The van der Waals surface area contributed by atoms with E-state index < -0.39 is 0 Å². The average Bonchev–Trinajstić information content (AvgIpc) is 3.17. The summed E-state index contributed by atoms with van der Waals surface area (Å²) in [7, 11) is 0. The van der Waals surface area contributed by atoms with Gasteiger partial charge in [0.25, 0.3) is 0 Å². The largest absolute Gasteiger partial charge is 0.460 e. The van der Waals surface area contributed by atoms with Crippen LogP contribution in [0, 0.1) is 5.92 Å². The maximum Gasteiger partial charge on any atom is 0.134 e. The second kappa shape index (κ2) is 5.82. The fourth-order valence-electron chi connectivity index (χ4n) is 3.96. The molecule has 0 bridgehead atoms. The van der Waals surface area contributed by atoms with Crippen LogP contribution in [0.25, 0.3) is 11.0 Å². The lowest BCUT2D eigenvalue weighted by molar-refractivity contribution is 0.149. The number of likely N-dealkylation sites (tertiary alicyclic amines) is 1. The Morgan fingerprint density at radius 3 is 2.76 bits per heavy atom. The highest BCUT2D eigenvalue weighted by Gasteiger charge is 2.28. The molecule has 3 nitrogen and oxygen atoms in total. The topological polar surface area (TPSA) is 28.4 Å². The van der Waals surface area contributed by atoms with Gasteiger partial charge in [-0.2, -0.15) is 0 Å². The highest BCUT2D eigenvalue weighted by atomic mass is 16.3. The summed E-state index contributed by atoms with van der Waals surface area (Å²) in [6.45, 7) is 4.60. The molecule has 2 aliphatic rings. The molecule has 1 aromatic heterocycles. The first kappa shape index (κ1) is 13.4. The van der Waals surface area contributed by atoms with Crippen molar-refractivity contribution in [3.8, 4) is 0 Å². The van der Waals surface area contributed by atoms with Crippen LogP contribution in [0.5, 0.6) is 0 Å². The predicted octanol–water partition coefficient (Wildman–Crippen LogP) is 3.40. The Kier molecular flexibility index (Phi) is 3.70. The molecule has 1 aromatic carbocycles. The molecule has 2 saturated heterocycles. The third-order valence-corrected chi connectivity index (χ3v) is 5.16. The Morgan fingerprint density at radius 1 is 1.14 bits per heavy atom. The Morgan fingerprint density at radius 2 is 2.00 bits per heavy atom. The van der Waals surface area contributed by atoms with Gasteiger partial charge in [-0.05, 0) is 63.4 Å². The molecule has 1 N–H and O–H groups in total. The highest BCUT2D eigenvalue weighted by Crippen LogP contribution is 2.27. The molecule has 112 valence electrons. The SMILES string of the molecule is c1ccc2oc(CN3CCC(C4CCCN4)CC3)cc2c1. The van der Waals surface area contributed by atoms with Gasteiger partial charge in [0.15, 0.2) is 0 Å². The average molecular weight is 284 g/mol. The summed E-state index contributed by atoms with van der Waals surface area (Å²) < 4.78 is 5.94. The zero-order chi connectivity index (χ0) is 14.1. The van der Waals surface area contributed by atoms with Crippen molar-refractivity contribution in [2.75, 3.05) is 19.6 Å². The number of rotatable bonds is 3. The maximum atomic E-state index is 5.94. The van der Waals surface area contributed by atoms with Crippen LogP contribution in [-0.4, -0.2) is 30.6 Å². The van der Waals surface area contributed by atoms with Crippen molar-refractivity contribution in [3.05, 3.63) is 36.1 Å². The normalized spacial score (nSPS) is 24.9. The van der Waals surface area contributed by atoms with Crippen LogP contribution in [0.2, 0.25) is 0 Å². The summed E-state index contributed by atoms with van der Waals surface area (Å²) in [5.41, 5.74) is 1.01. The van der Waals surface area contributed by atoms with Crippen molar-refractivity contribution in [2.24, 2.45) is 5.92 Å². The molecule has 0 amide bonds. The number of benzene rings is 1. The molecule has 2 aliphatic heterocycles. The minimum absolute atomic E-state index is 0.790. The monoisotopic (exact) mass is 284 g/mol. The van der Waals surface area contributed by atoms with Crippen LogP contribution in [0.1, 0.15) is 31.4 Å². The molecule has 2 aromatic rings. The van der Waals surface area contributed by atoms with Crippen LogP contribution < -0.4 is 5.32 Å². The molecular formula is C18H24N2O. The number of furan rings is 1. The summed E-state index contributed by atoms with van der Waals surface area (Å²) in [6, 6.07) is 11.3. The van der Waals surface area contributed by atoms with Crippen LogP contribution >= 0.6 is 0 Å². The van der Waals surface area contributed by atoms with E-state index >= 15 is 0 Å². The van der Waals surface area contributed by atoms with E-state index in [1.54, 1.807) is 0 Å². The smallest absolute Gasteiger partial charge is 0.134 e. The summed E-state index contributed by atoms with van der Waals surface area (Å²) >= 11 is 0. The molecule has 1 atom stereocenters. The van der Waals surface area contributed by atoms with Crippen LogP contribution in [0.15, 0.2) is 34.7 Å². The van der Waals surface area contributed by atoms with Crippen molar-refractivity contribution in [3.63, 3.8) is 0 Å². The Balaban J connectivity index is 1.35. The lowest BCUT2D eigenvalue weighted by atomic mass is 9.88. The third kappa shape index (κ3) is 2.85. The minimum Gasteiger partial charge on any atom is -0.460 e. The molecule has 0 aliphatic carbocycles. The van der Waals surface area contributed by atoms with Gasteiger partial charge in [-0.25, -0.2) is 0 Å². The van der Waals surface area contributed by atoms with Gasteiger partial charge < -0.3 is 9.73 Å². The van der Waals surface area contributed by atoms with Crippen molar-refractivity contribution < 1.29 is 4.42 Å². The number of nitrogens with zero attached hydrogens (tertiary/aromatic N) is 1. The second-order valence-electron chi connectivity index (χ2n) is 6.57. The van der Waals surface area contributed by atoms with Gasteiger partial charge in [-0.3, -0.25) is 4.90 Å². The van der Waals surface area contributed by atoms with E-state index in [1.165, 1.54) is 50.7 Å². The number of para-hydroxylation sites is 1. The van der Waals surface area contributed by atoms with Crippen molar-refractivity contribution in [1.82, 2.24) is 10.2 Å². The lowest BCUT2D eigenvalue weighted by Gasteiger charge is -2.34. The summed E-state index contributed by atoms with van der Waals surface area (Å²) in [5, 5.41) is 4.89. The Bertz CT molecular complexity index is 559. The summed E-state index contributed by atoms with van der Waals surface area (Å²) in [6.07, 6.45) is 5.41. The number of fused-ring (bicyclic) bond motifs is 1. The first-order chi connectivity index (χ1) is 10.4. The van der Waals surface area contributed by atoms with Gasteiger partial charge in [0.1, 0.15) is 11.3 Å². The maximum absolute atomic E-state index is 5.94. The molecular weight excluding hydrogens is 260 g/mol. The van der Waals surface area contributed by atoms with E-state index in [4.69, 9.17) is 4.42 Å². The fourth-order valence-corrected chi connectivity index (χ4v) is 3.96. The van der Waals surface area contributed by atoms with Gasteiger partial charge in [0.05, 0.1) is 6.54 Å². The van der Waals surface area contributed by atoms with Crippen molar-refractivity contribution in [1.29, 1.82) is 0 Å². The molecule has 0 radical (unpaired) electrons. The first-order valence-corrected chi connectivity index (χ1v) is 8.32. The van der Waals surface area contributed by atoms with Crippen LogP contribution in [0.3, 0.4) is 0 Å². The number of hydrogen-bond acceptors (Lipinski definition) is 3. The molecule has 3 heteroatoms. The van der Waals surface area contributed by atoms with E-state index in [0.717, 1.165) is 29.8 Å². The Hall–Kier alpha value is -1.32. The quantitative estimate of drug-likeness (QED) is 0.936. The lowest BCUT2D eigenvalue weighted by Crippen LogP contribution is -2.40. The molecule has 21 heavy (non-hydrogen) atoms. The third-order valence-electron chi connectivity index (χ3n) is 5.16. The van der Waals surface area contributed by atoms with E-state index in [0.29, 0.717) is 0 Å².